The maximum atomic E-state index is 11.5. The molecule has 0 saturated carbocycles. The molecule has 0 radical (unpaired) electrons. The molecule has 15 heavy (non-hydrogen) atoms. The molecule has 1 heterocycles. The van der Waals surface area contributed by atoms with Crippen molar-refractivity contribution < 1.29 is 9.53 Å². The topological polar surface area (TPSA) is 64.4 Å². The molecule has 4 nitrogen and oxygen atoms in total. The van der Waals surface area contributed by atoms with Crippen LogP contribution in [-0.2, 0) is 16.0 Å². The lowest BCUT2D eigenvalue weighted by atomic mass is 10.1. The molecule has 3 N–H and O–H groups in total. The molecule has 4 heteroatoms. The Hall–Kier alpha value is -1.55. The average molecular weight is 206 g/mol. The van der Waals surface area contributed by atoms with E-state index >= 15 is 0 Å². The van der Waals surface area contributed by atoms with Crippen molar-refractivity contribution in [1.82, 2.24) is 5.32 Å². The minimum atomic E-state index is 0.0221. The minimum Gasteiger partial charge on any atom is -0.399 e. The molecular weight excluding hydrogens is 192 g/mol. The van der Waals surface area contributed by atoms with Crippen LogP contribution in [0.2, 0.25) is 0 Å². The number of anilines is 1. The van der Waals surface area contributed by atoms with Gasteiger partial charge in [0.2, 0.25) is 5.91 Å². The fraction of sp³-hybridized carbons (Fsp3) is 0.364. The van der Waals surface area contributed by atoms with Crippen LogP contribution in [0.25, 0.3) is 0 Å². The van der Waals surface area contributed by atoms with Crippen molar-refractivity contribution in [1.29, 1.82) is 0 Å². The van der Waals surface area contributed by atoms with Crippen LogP contribution in [0, 0.1) is 0 Å². The normalized spacial score (nSPS) is 15.7. The molecule has 2 rings (SSSR count). The fourth-order valence-corrected chi connectivity index (χ4v) is 1.49. The van der Waals surface area contributed by atoms with E-state index in [9.17, 15) is 4.79 Å². The quantitative estimate of drug-likeness (QED) is 0.700. The Balaban J connectivity index is 1.87. The van der Waals surface area contributed by atoms with Crippen LogP contribution in [0.3, 0.4) is 0 Å². The van der Waals surface area contributed by atoms with Gasteiger partial charge in [-0.1, -0.05) is 12.1 Å². The van der Waals surface area contributed by atoms with Gasteiger partial charge in [-0.25, -0.2) is 0 Å². The molecule has 0 spiro atoms. The van der Waals surface area contributed by atoms with Crippen LogP contribution in [-0.4, -0.2) is 25.2 Å². The van der Waals surface area contributed by atoms with Gasteiger partial charge >= 0.3 is 0 Å². The molecule has 1 amide bonds. The minimum absolute atomic E-state index is 0.0221. The maximum absolute atomic E-state index is 11.5. The number of amides is 1. The summed E-state index contributed by atoms with van der Waals surface area (Å²) >= 11 is 0. The molecule has 1 aromatic carbocycles. The van der Waals surface area contributed by atoms with Gasteiger partial charge in [-0.05, 0) is 17.7 Å². The van der Waals surface area contributed by atoms with Crippen molar-refractivity contribution in [3.63, 3.8) is 0 Å². The van der Waals surface area contributed by atoms with Crippen molar-refractivity contribution in [3.05, 3.63) is 29.8 Å². The molecule has 0 bridgehead atoms. The van der Waals surface area contributed by atoms with E-state index in [4.69, 9.17) is 10.5 Å². The second-order valence-corrected chi connectivity index (χ2v) is 3.72. The van der Waals surface area contributed by atoms with E-state index in [1.807, 2.05) is 18.2 Å². The van der Waals surface area contributed by atoms with Crippen LogP contribution in [0.4, 0.5) is 5.69 Å². The fourth-order valence-electron chi connectivity index (χ4n) is 1.49. The van der Waals surface area contributed by atoms with Gasteiger partial charge in [0.1, 0.15) is 0 Å². The van der Waals surface area contributed by atoms with E-state index in [2.05, 4.69) is 5.32 Å². The highest BCUT2D eigenvalue weighted by Gasteiger charge is 2.20. The molecular formula is C11H14N2O2. The van der Waals surface area contributed by atoms with E-state index < -0.39 is 0 Å². The molecule has 1 aromatic rings. The van der Waals surface area contributed by atoms with Gasteiger partial charge in [-0.3, -0.25) is 4.79 Å². The largest absolute Gasteiger partial charge is 0.399 e. The highest BCUT2D eigenvalue weighted by molar-refractivity contribution is 5.79. The molecule has 80 valence electrons. The number of hydrogen-bond acceptors (Lipinski definition) is 3. The highest BCUT2D eigenvalue weighted by Crippen LogP contribution is 2.07. The summed E-state index contributed by atoms with van der Waals surface area (Å²) in [4.78, 5) is 11.5. The number of nitrogen functional groups attached to an aromatic ring is 1. The van der Waals surface area contributed by atoms with Gasteiger partial charge in [-0.2, -0.15) is 0 Å². The van der Waals surface area contributed by atoms with Gasteiger partial charge < -0.3 is 15.8 Å². The van der Waals surface area contributed by atoms with Gasteiger partial charge in [0.15, 0.2) is 0 Å². The Morgan fingerprint density at radius 2 is 2.33 bits per heavy atom. The third-order valence-corrected chi connectivity index (χ3v) is 2.32. The first kappa shape index (κ1) is 9.98. The molecule has 0 aromatic heterocycles. The van der Waals surface area contributed by atoms with Crippen molar-refractivity contribution in [2.24, 2.45) is 0 Å². The summed E-state index contributed by atoms with van der Waals surface area (Å²) in [6.07, 6.45) is 0.377. The van der Waals surface area contributed by atoms with E-state index in [0.717, 1.165) is 5.56 Å². The standard InChI is InChI=1S/C11H14N2O2/c12-9-3-1-2-8(4-9)5-11(14)13-10-6-15-7-10/h1-4,10H,5-7,12H2,(H,13,14). The van der Waals surface area contributed by atoms with Crippen LogP contribution >= 0.6 is 0 Å². The summed E-state index contributed by atoms with van der Waals surface area (Å²) in [6.45, 7) is 1.26. The van der Waals surface area contributed by atoms with E-state index in [1.165, 1.54) is 0 Å². The Morgan fingerprint density at radius 3 is 2.93 bits per heavy atom. The SMILES string of the molecule is Nc1cccc(CC(=O)NC2COC2)c1. The predicted molar refractivity (Wildman–Crippen MR) is 57.3 cm³/mol. The Bertz CT molecular complexity index is 361. The first-order valence-corrected chi connectivity index (χ1v) is 4.95. The number of rotatable bonds is 3. The molecule has 1 aliphatic rings. The summed E-state index contributed by atoms with van der Waals surface area (Å²) in [7, 11) is 0. The molecule has 0 aliphatic carbocycles. The van der Waals surface area contributed by atoms with Crippen molar-refractivity contribution >= 4 is 11.6 Å². The first-order valence-electron chi connectivity index (χ1n) is 4.95. The zero-order valence-electron chi connectivity index (χ0n) is 8.40. The Labute approximate surface area is 88.4 Å². The summed E-state index contributed by atoms with van der Waals surface area (Å²) in [5, 5.41) is 2.88. The zero-order chi connectivity index (χ0) is 10.7. The van der Waals surface area contributed by atoms with Crippen molar-refractivity contribution in [2.45, 2.75) is 12.5 Å². The van der Waals surface area contributed by atoms with E-state index in [0.29, 0.717) is 25.3 Å². The second kappa shape index (κ2) is 4.31. The zero-order valence-corrected chi connectivity index (χ0v) is 8.40. The molecule has 0 unspecified atom stereocenters. The average Bonchev–Trinajstić information content (AvgIpc) is 2.11. The molecule has 1 fully saturated rings. The smallest absolute Gasteiger partial charge is 0.224 e. The lowest BCUT2D eigenvalue weighted by Gasteiger charge is -2.26. The highest BCUT2D eigenvalue weighted by atomic mass is 16.5. The number of nitrogens with one attached hydrogen (secondary N) is 1. The lowest BCUT2D eigenvalue weighted by molar-refractivity contribution is -0.124. The van der Waals surface area contributed by atoms with E-state index in [-0.39, 0.29) is 11.9 Å². The third kappa shape index (κ3) is 2.70. The number of nitrogens with two attached hydrogens (primary N) is 1. The van der Waals surface area contributed by atoms with Crippen molar-refractivity contribution in [2.75, 3.05) is 18.9 Å². The Morgan fingerprint density at radius 1 is 1.53 bits per heavy atom. The summed E-state index contributed by atoms with van der Waals surface area (Å²) in [6, 6.07) is 7.56. The molecule has 1 aliphatic heterocycles. The van der Waals surface area contributed by atoms with Crippen LogP contribution < -0.4 is 11.1 Å². The number of carbonyl (C=O) groups is 1. The number of ether oxygens (including phenoxy) is 1. The van der Waals surface area contributed by atoms with E-state index in [1.54, 1.807) is 6.07 Å². The van der Waals surface area contributed by atoms with Crippen LogP contribution in [0.1, 0.15) is 5.56 Å². The Kier molecular flexibility index (Phi) is 2.87. The number of benzene rings is 1. The monoisotopic (exact) mass is 206 g/mol. The van der Waals surface area contributed by atoms with Gasteiger partial charge in [0.05, 0.1) is 25.7 Å². The number of hydrogen-bond donors (Lipinski definition) is 2. The van der Waals surface area contributed by atoms with Crippen LogP contribution in [0.15, 0.2) is 24.3 Å². The summed E-state index contributed by atoms with van der Waals surface area (Å²) in [5.41, 5.74) is 7.25. The molecule has 1 saturated heterocycles. The summed E-state index contributed by atoms with van der Waals surface area (Å²) < 4.78 is 4.97. The van der Waals surface area contributed by atoms with Gasteiger partial charge in [0, 0.05) is 5.69 Å². The maximum Gasteiger partial charge on any atom is 0.224 e. The van der Waals surface area contributed by atoms with Crippen molar-refractivity contribution in [3.8, 4) is 0 Å². The van der Waals surface area contributed by atoms with Gasteiger partial charge in [-0.15, -0.1) is 0 Å². The van der Waals surface area contributed by atoms with Gasteiger partial charge in [0.25, 0.3) is 0 Å². The lowest BCUT2D eigenvalue weighted by Crippen LogP contribution is -2.49. The summed E-state index contributed by atoms with van der Waals surface area (Å²) in [5.74, 6) is 0.0221. The third-order valence-electron chi connectivity index (χ3n) is 2.32. The predicted octanol–water partition coefficient (Wildman–Crippen LogP) is 0.326. The second-order valence-electron chi connectivity index (χ2n) is 3.72. The molecule has 0 atom stereocenters. The van der Waals surface area contributed by atoms with Crippen LogP contribution in [0.5, 0.6) is 0 Å². The first-order chi connectivity index (χ1) is 7.24. The number of carbonyl (C=O) groups excluding carboxylic acids is 1.